The fourth-order valence-electron chi connectivity index (χ4n) is 0.207. The van der Waals surface area contributed by atoms with Gasteiger partial charge in [-0.05, 0) is 0 Å². The minimum Gasteiger partial charge on any atom is -0.503 e. The first kappa shape index (κ1) is 6.70. The van der Waals surface area contributed by atoms with Crippen molar-refractivity contribution in [3.63, 3.8) is 0 Å². The van der Waals surface area contributed by atoms with Gasteiger partial charge >= 0.3 is 0 Å². The largest absolute Gasteiger partial charge is 0.503 e. The van der Waals surface area contributed by atoms with Crippen LogP contribution < -0.4 is 0 Å². The van der Waals surface area contributed by atoms with Crippen LogP contribution in [-0.4, -0.2) is 13.4 Å². The minimum atomic E-state index is -0.00694. The van der Waals surface area contributed by atoms with Crippen LogP contribution in [0.5, 0.6) is 0 Å². The van der Waals surface area contributed by atoms with Crippen molar-refractivity contribution >= 4 is 6.29 Å². The van der Waals surface area contributed by atoms with Gasteiger partial charge in [0.05, 0.1) is 7.11 Å². The first-order valence-corrected chi connectivity index (χ1v) is 1.93. The van der Waals surface area contributed by atoms with E-state index >= 15 is 0 Å². The van der Waals surface area contributed by atoms with Gasteiger partial charge in [-0.1, -0.05) is 0 Å². The first-order chi connectivity index (χ1) is 3.85. The summed E-state index contributed by atoms with van der Waals surface area (Å²) in [6, 6.07) is 1.62. The monoisotopic (exact) mass is 111 g/mol. The standard InChI is InChI=1S/C5H5NO2/c1-8-4-5(2-6)3-7/h3-4H,1H3/b5-4+. The zero-order chi connectivity index (χ0) is 6.41. The van der Waals surface area contributed by atoms with E-state index in [1.807, 2.05) is 0 Å². The molecule has 0 atom stereocenters. The van der Waals surface area contributed by atoms with Crippen LogP contribution in [-0.2, 0) is 9.53 Å². The van der Waals surface area contributed by atoms with E-state index in [0.29, 0.717) is 6.29 Å². The number of nitriles is 1. The summed E-state index contributed by atoms with van der Waals surface area (Å²) in [6.45, 7) is 0. The van der Waals surface area contributed by atoms with Crippen LogP contribution in [0.3, 0.4) is 0 Å². The summed E-state index contributed by atoms with van der Waals surface area (Å²) in [6.07, 6.45) is 1.52. The number of carbonyl (C=O) groups is 1. The Kier molecular flexibility index (Phi) is 3.25. The van der Waals surface area contributed by atoms with Crippen LogP contribution >= 0.6 is 0 Å². The summed E-state index contributed by atoms with van der Waals surface area (Å²) >= 11 is 0. The van der Waals surface area contributed by atoms with E-state index in [1.54, 1.807) is 6.07 Å². The quantitative estimate of drug-likeness (QED) is 0.222. The molecule has 0 aliphatic rings. The van der Waals surface area contributed by atoms with Gasteiger partial charge in [0, 0.05) is 0 Å². The number of hydrogen-bond donors (Lipinski definition) is 0. The summed E-state index contributed by atoms with van der Waals surface area (Å²) < 4.78 is 4.37. The first-order valence-electron chi connectivity index (χ1n) is 1.93. The highest BCUT2D eigenvalue weighted by Crippen LogP contribution is 1.83. The topological polar surface area (TPSA) is 50.1 Å². The van der Waals surface area contributed by atoms with Gasteiger partial charge < -0.3 is 4.74 Å². The molecule has 0 N–H and O–H groups in total. The third-order valence-electron chi connectivity index (χ3n) is 0.501. The molecule has 0 aromatic heterocycles. The van der Waals surface area contributed by atoms with Gasteiger partial charge in [-0.25, -0.2) is 0 Å². The molecule has 0 aromatic carbocycles. The van der Waals surface area contributed by atoms with E-state index in [-0.39, 0.29) is 5.57 Å². The zero-order valence-corrected chi connectivity index (χ0v) is 4.42. The fourth-order valence-corrected chi connectivity index (χ4v) is 0.207. The maximum absolute atomic E-state index is 9.76. The molecule has 0 heterocycles. The molecule has 0 amide bonds. The zero-order valence-electron chi connectivity index (χ0n) is 4.42. The second-order valence-electron chi connectivity index (χ2n) is 1.04. The van der Waals surface area contributed by atoms with Gasteiger partial charge in [0.25, 0.3) is 0 Å². The van der Waals surface area contributed by atoms with E-state index in [0.717, 1.165) is 6.26 Å². The molecule has 0 aliphatic heterocycles. The molecule has 0 unspecified atom stereocenters. The van der Waals surface area contributed by atoms with Crippen LogP contribution in [0.1, 0.15) is 0 Å². The van der Waals surface area contributed by atoms with Crippen molar-refractivity contribution < 1.29 is 9.53 Å². The summed E-state index contributed by atoms with van der Waals surface area (Å²) in [4.78, 5) is 9.76. The van der Waals surface area contributed by atoms with E-state index in [2.05, 4.69) is 4.74 Å². The Morgan fingerprint density at radius 1 is 1.88 bits per heavy atom. The molecule has 0 saturated carbocycles. The van der Waals surface area contributed by atoms with Gasteiger partial charge in [-0.3, -0.25) is 4.79 Å². The molecule has 0 saturated heterocycles. The molecular formula is C5H5NO2. The van der Waals surface area contributed by atoms with Crippen molar-refractivity contribution in [2.24, 2.45) is 0 Å². The van der Waals surface area contributed by atoms with E-state index in [9.17, 15) is 4.79 Å². The molecule has 3 nitrogen and oxygen atoms in total. The van der Waals surface area contributed by atoms with Gasteiger partial charge in [0.15, 0.2) is 6.29 Å². The van der Waals surface area contributed by atoms with Gasteiger partial charge in [0.1, 0.15) is 17.9 Å². The lowest BCUT2D eigenvalue weighted by molar-refractivity contribution is -0.104. The number of hydrogen-bond acceptors (Lipinski definition) is 3. The third-order valence-corrected chi connectivity index (χ3v) is 0.501. The number of aldehydes is 1. The number of rotatable bonds is 2. The highest BCUT2D eigenvalue weighted by atomic mass is 16.5. The number of methoxy groups -OCH3 is 1. The normalized spacial score (nSPS) is 9.75. The maximum atomic E-state index is 9.76. The van der Waals surface area contributed by atoms with E-state index < -0.39 is 0 Å². The lowest BCUT2D eigenvalue weighted by atomic mass is 10.4. The van der Waals surface area contributed by atoms with Gasteiger partial charge in [-0.2, -0.15) is 5.26 Å². The van der Waals surface area contributed by atoms with Crippen molar-refractivity contribution in [3.8, 4) is 6.07 Å². The SMILES string of the molecule is CO/C=C(\C#N)C=O. The lowest BCUT2D eigenvalue weighted by Gasteiger charge is -1.82. The van der Waals surface area contributed by atoms with Crippen molar-refractivity contribution in [3.05, 3.63) is 11.8 Å². The van der Waals surface area contributed by atoms with Crippen molar-refractivity contribution in [1.29, 1.82) is 5.26 Å². The smallest absolute Gasteiger partial charge is 0.163 e. The lowest BCUT2D eigenvalue weighted by Crippen LogP contribution is -1.79. The van der Waals surface area contributed by atoms with Crippen LogP contribution in [0.15, 0.2) is 11.8 Å². The van der Waals surface area contributed by atoms with Crippen molar-refractivity contribution in [2.45, 2.75) is 0 Å². The summed E-state index contributed by atoms with van der Waals surface area (Å²) in [5.74, 6) is 0. The van der Waals surface area contributed by atoms with Gasteiger partial charge in [0.2, 0.25) is 0 Å². The highest BCUT2D eigenvalue weighted by molar-refractivity contribution is 5.78. The molecular weight excluding hydrogens is 106 g/mol. The molecule has 0 aliphatic carbocycles. The summed E-state index contributed by atoms with van der Waals surface area (Å²) in [7, 11) is 1.38. The van der Waals surface area contributed by atoms with Crippen LogP contribution in [0.25, 0.3) is 0 Å². The van der Waals surface area contributed by atoms with E-state index in [1.165, 1.54) is 7.11 Å². The average Bonchev–Trinajstić information content (AvgIpc) is 1.83. The second kappa shape index (κ2) is 3.88. The summed E-state index contributed by atoms with van der Waals surface area (Å²) in [5.41, 5.74) is -0.00694. The Bertz CT molecular complexity index is 143. The fraction of sp³-hybridized carbons (Fsp3) is 0.200. The molecule has 0 rings (SSSR count). The van der Waals surface area contributed by atoms with Crippen molar-refractivity contribution in [1.82, 2.24) is 0 Å². The predicted octanol–water partition coefficient (Wildman–Crippen LogP) is 0.239. The number of carbonyl (C=O) groups excluding carboxylic acids is 1. The molecule has 8 heavy (non-hydrogen) atoms. The number of ether oxygens (including phenoxy) is 1. The number of allylic oxidation sites excluding steroid dienone is 1. The van der Waals surface area contributed by atoms with E-state index in [4.69, 9.17) is 5.26 Å². The van der Waals surface area contributed by atoms with Crippen LogP contribution in [0.4, 0.5) is 0 Å². The van der Waals surface area contributed by atoms with Crippen LogP contribution in [0, 0.1) is 11.3 Å². The Labute approximate surface area is 47.2 Å². The Morgan fingerprint density at radius 3 is 2.62 bits per heavy atom. The summed E-state index contributed by atoms with van der Waals surface area (Å²) in [5, 5.41) is 8.03. The molecule has 0 radical (unpaired) electrons. The Morgan fingerprint density at radius 2 is 2.50 bits per heavy atom. The molecule has 3 heteroatoms. The maximum Gasteiger partial charge on any atom is 0.163 e. The molecule has 42 valence electrons. The van der Waals surface area contributed by atoms with Crippen LogP contribution in [0.2, 0.25) is 0 Å². The predicted molar refractivity (Wildman–Crippen MR) is 26.8 cm³/mol. The Hall–Kier alpha value is -1.30. The number of nitrogens with zero attached hydrogens (tertiary/aromatic N) is 1. The molecule has 0 spiro atoms. The third kappa shape index (κ3) is 1.98. The minimum absolute atomic E-state index is 0.00694. The second-order valence-corrected chi connectivity index (χ2v) is 1.04. The highest BCUT2D eigenvalue weighted by Gasteiger charge is 1.86. The van der Waals surface area contributed by atoms with Gasteiger partial charge in [-0.15, -0.1) is 0 Å². The molecule has 0 fully saturated rings. The molecule has 0 aromatic rings. The molecule has 0 bridgehead atoms. The average molecular weight is 111 g/mol. The van der Waals surface area contributed by atoms with Crippen molar-refractivity contribution in [2.75, 3.05) is 7.11 Å². The Balaban J connectivity index is 3.92.